The van der Waals surface area contributed by atoms with Crippen LogP contribution < -0.4 is 0 Å². The van der Waals surface area contributed by atoms with Crippen LogP contribution in [-0.4, -0.2) is 27.3 Å². The Morgan fingerprint density at radius 1 is 1.46 bits per heavy atom. The largest absolute Gasteiger partial charge is 0.476 e. The number of carbonyl (C=O) groups is 1. The molecule has 0 aliphatic rings. The monoisotopic (exact) mass is 238 g/mol. The first kappa shape index (κ1) is 10.6. The van der Waals surface area contributed by atoms with E-state index in [0.29, 0.717) is 0 Å². The minimum absolute atomic E-state index is 0.0431. The summed E-state index contributed by atoms with van der Waals surface area (Å²) in [6, 6.07) is 0. The Balaban J connectivity index is 3.33. The van der Waals surface area contributed by atoms with Crippen molar-refractivity contribution in [2.75, 3.05) is 6.26 Å². The van der Waals surface area contributed by atoms with Crippen LogP contribution in [-0.2, 0) is 0 Å². The third-order valence-corrected chi connectivity index (χ3v) is 2.45. The van der Waals surface area contributed by atoms with Crippen molar-refractivity contribution in [1.29, 1.82) is 0 Å². The van der Waals surface area contributed by atoms with Crippen LogP contribution in [0.4, 0.5) is 0 Å². The number of aromatic carboxylic acids is 1. The number of nitrogens with zero attached hydrogens (tertiary/aromatic N) is 2. The van der Waals surface area contributed by atoms with Gasteiger partial charge in [0.1, 0.15) is 5.02 Å². The zero-order chi connectivity index (χ0) is 10.0. The van der Waals surface area contributed by atoms with Crippen molar-refractivity contribution < 1.29 is 9.90 Å². The molecular formula is C6H4Cl2N2O2S. The molecule has 4 nitrogen and oxygen atoms in total. The van der Waals surface area contributed by atoms with Gasteiger partial charge in [0.15, 0.2) is 16.0 Å². The van der Waals surface area contributed by atoms with Gasteiger partial charge >= 0.3 is 5.97 Å². The Bertz CT molecular complexity index is 359. The fourth-order valence-corrected chi connectivity index (χ4v) is 1.38. The summed E-state index contributed by atoms with van der Waals surface area (Å²) in [6.07, 6.45) is 1.71. The van der Waals surface area contributed by atoms with Crippen molar-refractivity contribution in [3.8, 4) is 0 Å². The van der Waals surface area contributed by atoms with Crippen molar-refractivity contribution in [1.82, 2.24) is 9.97 Å². The smallest absolute Gasteiger partial charge is 0.356 e. The molecule has 70 valence electrons. The van der Waals surface area contributed by atoms with E-state index in [1.165, 1.54) is 11.8 Å². The second-order valence-corrected chi connectivity index (χ2v) is 3.48. The third kappa shape index (κ3) is 2.24. The van der Waals surface area contributed by atoms with Gasteiger partial charge in [-0.2, -0.15) is 0 Å². The maximum absolute atomic E-state index is 10.6. The highest BCUT2D eigenvalue weighted by Crippen LogP contribution is 2.25. The van der Waals surface area contributed by atoms with E-state index in [-0.39, 0.29) is 21.0 Å². The fraction of sp³-hybridized carbons (Fsp3) is 0.167. The van der Waals surface area contributed by atoms with Crippen LogP contribution in [0.2, 0.25) is 10.2 Å². The van der Waals surface area contributed by atoms with Crippen LogP contribution in [0.1, 0.15) is 10.5 Å². The molecule has 1 N–H and O–H groups in total. The van der Waals surface area contributed by atoms with Crippen LogP contribution in [0.5, 0.6) is 0 Å². The lowest BCUT2D eigenvalue weighted by molar-refractivity contribution is 0.0689. The van der Waals surface area contributed by atoms with Crippen LogP contribution in [0.15, 0.2) is 5.16 Å². The number of carboxylic acids is 1. The van der Waals surface area contributed by atoms with Gasteiger partial charge < -0.3 is 5.11 Å². The molecule has 0 radical (unpaired) electrons. The molecule has 0 spiro atoms. The summed E-state index contributed by atoms with van der Waals surface area (Å²) in [5.74, 6) is -1.22. The molecule has 0 unspecified atom stereocenters. The van der Waals surface area contributed by atoms with Crippen LogP contribution in [0, 0.1) is 0 Å². The van der Waals surface area contributed by atoms with Gasteiger partial charge in [-0.15, -0.1) is 0 Å². The van der Waals surface area contributed by atoms with E-state index in [4.69, 9.17) is 28.3 Å². The lowest BCUT2D eigenvalue weighted by atomic mass is 10.4. The van der Waals surface area contributed by atoms with E-state index < -0.39 is 5.97 Å². The van der Waals surface area contributed by atoms with Crippen molar-refractivity contribution >= 4 is 40.9 Å². The molecule has 0 atom stereocenters. The van der Waals surface area contributed by atoms with E-state index >= 15 is 0 Å². The van der Waals surface area contributed by atoms with E-state index in [0.717, 1.165) is 0 Å². The summed E-state index contributed by atoms with van der Waals surface area (Å²) >= 11 is 12.3. The number of halogens is 2. The predicted octanol–water partition coefficient (Wildman–Crippen LogP) is 2.20. The number of thioether (sulfide) groups is 1. The summed E-state index contributed by atoms with van der Waals surface area (Å²) in [5.41, 5.74) is -0.272. The Hall–Kier alpha value is -0.520. The molecule has 13 heavy (non-hydrogen) atoms. The SMILES string of the molecule is CSc1nc(Cl)c(Cl)c(C(=O)O)n1. The molecule has 1 heterocycles. The molecule has 7 heteroatoms. The predicted molar refractivity (Wildman–Crippen MR) is 50.8 cm³/mol. The van der Waals surface area contributed by atoms with Crippen molar-refractivity contribution in [2.45, 2.75) is 5.16 Å². The highest BCUT2D eigenvalue weighted by molar-refractivity contribution is 7.98. The van der Waals surface area contributed by atoms with Gasteiger partial charge in [-0.1, -0.05) is 35.0 Å². The quantitative estimate of drug-likeness (QED) is 0.487. The van der Waals surface area contributed by atoms with Crippen LogP contribution in [0.3, 0.4) is 0 Å². The van der Waals surface area contributed by atoms with E-state index in [1.54, 1.807) is 6.26 Å². The van der Waals surface area contributed by atoms with E-state index in [9.17, 15) is 4.79 Å². The molecule has 1 aromatic rings. The summed E-state index contributed by atoms with van der Waals surface area (Å²) in [4.78, 5) is 18.0. The molecule has 1 rings (SSSR count). The summed E-state index contributed by atoms with van der Waals surface area (Å²) in [6.45, 7) is 0. The van der Waals surface area contributed by atoms with Crippen LogP contribution in [0.25, 0.3) is 0 Å². The average Bonchev–Trinajstić information content (AvgIpc) is 2.09. The normalized spacial score (nSPS) is 10.1. The first-order valence-corrected chi connectivity index (χ1v) is 5.04. The Kier molecular flexibility index (Phi) is 3.35. The topological polar surface area (TPSA) is 63.1 Å². The van der Waals surface area contributed by atoms with Crippen LogP contribution >= 0.6 is 35.0 Å². The number of hydrogen-bond donors (Lipinski definition) is 1. The zero-order valence-corrected chi connectivity index (χ0v) is 8.74. The summed E-state index contributed by atoms with van der Waals surface area (Å²) < 4.78 is 0. The molecule has 0 aliphatic carbocycles. The van der Waals surface area contributed by atoms with Gasteiger partial charge in [-0.05, 0) is 6.26 Å². The van der Waals surface area contributed by atoms with Crippen molar-refractivity contribution in [2.24, 2.45) is 0 Å². The van der Waals surface area contributed by atoms with Gasteiger partial charge in [0.05, 0.1) is 0 Å². The molecule has 0 saturated heterocycles. The fourth-order valence-electron chi connectivity index (χ4n) is 0.633. The number of rotatable bonds is 2. The standard InChI is InChI=1S/C6H4Cl2N2O2S/c1-13-6-9-3(5(11)12)2(7)4(8)10-6/h1H3,(H,11,12). The number of hydrogen-bond acceptors (Lipinski definition) is 4. The first-order chi connectivity index (χ1) is 6.06. The molecule has 1 aromatic heterocycles. The van der Waals surface area contributed by atoms with Gasteiger partial charge in [0.2, 0.25) is 0 Å². The summed E-state index contributed by atoms with van der Waals surface area (Å²) in [7, 11) is 0. The molecule has 0 fully saturated rings. The third-order valence-electron chi connectivity index (χ3n) is 1.18. The lowest BCUT2D eigenvalue weighted by Crippen LogP contribution is -2.04. The molecule has 0 aromatic carbocycles. The van der Waals surface area contributed by atoms with Crippen molar-refractivity contribution in [3.05, 3.63) is 15.9 Å². The second-order valence-electron chi connectivity index (χ2n) is 1.97. The Morgan fingerprint density at radius 2 is 2.08 bits per heavy atom. The number of carboxylic acid groups (broad SMARTS) is 1. The maximum Gasteiger partial charge on any atom is 0.356 e. The molecule has 0 bridgehead atoms. The van der Waals surface area contributed by atoms with Gasteiger partial charge in [-0.25, -0.2) is 14.8 Å². The van der Waals surface area contributed by atoms with Gasteiger partial charge in [0, 0.05) is 0 Å². The minimum Gasteiger partial charge on any atom is -0.476 e. The molecule has 0 saturated carbocycles. The zero-order valence-electron chi connectivity index (χ0n) is 6.41. The van der Waals surface area contributed by atoms with Gasteiger partial charge in [0.25, 0.3) is 0 Å². The Morgan fingerprint density at radius 3 is 2.54 bits per heavy atom. The highest BCUT2D eigenvalue weighted by Gasteiger charge is 2.16. The molecule has 0 aliphatic heterocycles. The number of aromatic nitrogens is 2. The first-order valence-electron chi connectivity index (χ1n) is 3.06. The maximum atomic E-state index is 10.6. The Labute approximate surface area is 88.3 Å². The van der Waals surface area contributed by atoms with E-state index in [1.807, 2.05) is 0 Å². The second kappa shape index (κ2) is 4.13. The average molecular weight is 239 g/mol. The summed E-state index contributed by atoms with van der Waals surface area (Å²) in [5, 5.41) is 8.78. The van der Waals surface area contributed by atoms with Gasteiger partial charge in [-0.3, -0.25) is 0 Å². The van der Waals surface area contributed by atoms with E-state index in [2.05, 4.69) is 9.97 Å². The minimum atomic E-state index is -1.22. The molecular weight excluding hydrogens is 235 g/mol. The van der Waals surface area contributed by atoms with Crippen molar-refractivity contribution in [3.63, 3.8) is 0 Å². The lowest BCUT2D eigenvalue weighted by Gasteiger charge is -2.01. The molecule has 0 amide bonds. The highest BCUT2D eigenvalue weighted by atomic mass is 35.5.